The highest BCUT2D eigenvalue weighted by Gasteiger charge is 2.24. The van der Waals surface area contributed by atoms with Gasteiger partial charge in [0.05, 0.1) is 5.25 Å². The molecule has 7 heteroatoms. The SMILES string of the molecule is Cc1nc(C(NC(=O)C(C)Sc2ccc(Br)cc2)c2ccccc2)n[nH]1. The van der Waals surface area contributed by atoms with Crippen molar-refractivity contribution in [3.8, 4) is 0 Å². The number of hydrogen-bond donors (Lipinski definition) is 2. The molecular formula is C19H19BrN4OS. The number of rotatable bonds is 6. The van der Waals surface area contributed by atoms with Crippen LogP contribution in [-0.4, -0.2) is 26.3 Å². The first kappa shape index (κ1) is 18.7. The fourth-order valence-corrected chi connectivity index (χ4v) is 3.60. The van der Waals surface area contributed by atoms with Gasteiger partial charge in [0.25, 0.3) is 0 Å². The molecule has 1 amide bonds. The molecule has 5 nitrogen and oxygen atoms in total. The average molecular weight is 431 g/mol. The molecule has 0 spiro atoms. The molecule has 0 aliphatic carbocycles. The summed E-state index contributed by atoms with van der Waals surface area (Å²) in [5, 5.41) is 9.91. The van der Waals surface area contributed by atoms with Crippen LogP contribution in [0, 0.1) is 6.92 Å². The van der Waals surface area contributed by atoms with Crippen molar-refractivity contribution in [3.63, 3.8) is 0 Å². The Kier molecular flexibility index (Phi) is 6.11. The van der Waals surface area contributed by atoms with Crippen molar-refractivity contribution in [3.05, 3.63) is 76.3 Å². The number of aryl methyl sites for hydroxylation is 1. The largest absolute Gasteiger partial charge is 0.341 e. The second-order valence-electron chi connectivity index (χ2n) is 5.85. The van der Waals surface area contributed by atoms with E-state index in [1.54, 1.807) is 0 Å². The maximum absolute atomic E-state index is 12.8. The van der Waals surface area contributed by atoms with E-state index in [4.69, 9.17) is 0 Å². The third-order valence-electron chi connectivity index (χ3n) is 3.79. The molecule has 0 saturated heterocycles. The third kappa shape index (κ3) is 4.74. The van der Waals surface area contributed by atoms with Crippen molar-refractivity contribution >= 4 is 33.6 Å². The lowest BCUT2D eigenvalue weighted by Crippen LogP contribution is -2.35. The second-order valence-corrected chi connectivity index (χ2v) is 8.18. The molecule has 26 heavy (non-hydrogen) atoms. The molecule has 0 aliphatic heterocycles. The Morgan fingerprint density at radius 1 is 1.15 bits per heavy atom. The minimum absolute atomic E-state index is 0.0609. The molecule has 134 valence electrons. The molecule has 0 saturated carbocycles. The molecule has 3 rings (SSSR count). The van der Waals surface area contributed by atoms with Crippen LogP contribution in [0.25, 0.3) is 0 Å². The van der Waals surface area contributed by atoms with Gasteiger partial charge < -0.3 is 5.32 Å². The van der Waals surface area contributed by atoms with Crippen molar-refractivity contribution in [2.75, 3.05) is 0 Å². The normalized spacial score (nSPS) is 13.2. The van der Waals surface area contributed by atoms with Gasteiger partial charge in [0.15, 0.2) is 5.82 Å². The molecule has 2 aromatic carbocycles. The topological polar surface area (TPSA) is 70.7 Å². The van der Waals surface area contributed by atoms with Gasteiger partial charge in [-0.3, -0.25) is 9.89 Å². The van der Waals surface area contributed by atoms with E-state index in [2.05, 4.69) is 36.4 Å². The van der Waals surface area contributed by atoms with Crippen LogP contribution < -0.4 is 5.32 Å². The van der Waals surface area contributed by atoms with Crippen LogP contribution in [0.3, 0.4) is 0 Å². The summed E-state index contributed by atoms with van der Waals surface area (Å²) in [6.45, 7) is 3.74. The van der Waals surface area contributed by atoms with Crippen LogP contribution in [0.5, 0.6) is 0 Å². The standard InChI is InChI=1S/C19H19BrN4OS/c1-12(26-16-10-8-15(20)9-11-16)19(25)22-17(14-6-4-3-5-7-14)18-21-13(2)23-24-18/h3-12,17H,1-2H3,(H,22,25)(H,21,23,24). The quantitative estimate of drug-likeness (QED) is 0.573. The molecule has 2 N–H and O–H groups in total. The summed E-state index contributed by atoms with van der Waals surface area (Å²) in [4.78, 5) is 18.2. The van der Waals surface area contributed by atoms with Crippen molar-refractivity contribution in [1.29, 1.82) is 0 Å². The van der Waals surface area contributed by atoms with Crippen molar-refractivity contribution in [2.24, 2.45) is 0 Å². The number of nitrogens with one attached hydrogen (secondary N) is 2. The van der Waals surface area contributed by atoms with Crippen LogP contribution in [0.15, 0.2) is 64.0 Å². The summed E-state index contributed by atoms with van der Waals surface area (Å²) in [5.74, 6) is 1.21. The van der Waals surface area contributed by atoms with E-state index in [1.807, 2.05) is 68.4 Å². The number of aromatic amines is 1. The summed E-state index contributed by atoms with van der Waals surface area (Å²) < 4.78 is 1.02. The molecular weight excluding hydrogens is 412 g/mol. The lowest BCUT2D eigenvalue weighted by Gasteiger charge is -2.19. The molecule has 0 fully saturated rings. The number of H-pyrrole nitrogens is 1. The first-order valence-corrected chi connectivity index (χ1v) is 9.86. The van der Waals surface area contributed by atoms with Crippen LogP contribution >= 0.6 is 27.7 Å². The van der Waals surface area contributed by atoms with Gasteiger partial charge in [-0.25, -0.2) is 4.98 Å². The zero-order chi connectivity index (χ0) is 18.5. The Morgan fingerprint density at radius 3 is 2.46 bits per heavy atom. The first-order valence-electron chi connectivity index (χ1n) is 8.19. The molecule has 2 atom stereocenters. The smallest absolute Gasteiger partial charge is 0.234 e. The zero-order valence-corrected chi connectivity index (χ0v) is 16.8. The van der Waals surface area contributed by atoms with Crippen LogP contribution in [0.1, 0.15) is 30.2 Å². The summed E-state index contributed by atoms with van der Waals surface area (Å²) in [5.41, 5.74) is 0.945. The highest BCUT2D eigenvalue weighted by Crippen LogP contribution is 2.26. The van der Waals surface area contributed by atoms with Crippen LogP contribution in [0.4, 0.5) is 0 Å². The number of amides is 1. The maximum Gasteiger partial charge on any atom is 0.234 e. The zero-order valence-electron chi connectivity index (χ0n) is 14.4. The van der Waals surface area contributed by atoms with Gasteiger partial charge in [-0.1, -0.05) is 46.3 Å². The molecule has 3 aromatic rings. The van der Waals surface area contributed by atoms with Crippen molar-refractivity contribution in [2.45, 2.75) is 30.0 Å². The number of benzene rings is 2. The molecule has 1 heterocycles. The van der Waals surface area contributed by atoms with Crippen molar-refractivity contribution in [1.82, 2.24) is 20.5 Å². The summed E-state index contributed by atoms with van der Waals surface area (Å²) in [7, 11) is 0. The fraction of sp³-hybridized carbons (Fsp3) is 0.211. The Bertz CT molecular complexity index is 867. The van der Waals surface area contributed by atoms with Crippen LogP contribution in [0.2, 0.25) is 0 Å². The van der Waals surface area contributed by atoms with E-state index in [0.717, 1.165) is 14.9 Å². The average Bonchev–Trinajstić information content (AvgIpc) is 3.08. The lowest BCUT2D eigenvalue weighted by molar-refractivity contribution is -0.120. The van der Waals surface area contributed by atoms with Gasteiger partial charge in [-0.05, 0) is 43.7 Å². The van der Waals surface area contributed by atoms with Crippen LogP contribution in [-0.2, 0) is 4.79 Å². The minimum atomic E-state index is -0.387. The van der Waals surface area contributed by atoms with Gasteiger partial charge in [-0.15, -0.1) is 11.8 Å². The first-order chi connectivity index (χ1) is 12.5. The predicted octanol–water partition coefficient (Wildman–Crippen LogP) is 4.26. The molecule has 0 radical (unpaired) electrons. The Labute approximate surface area is 165 Å². The molecule has 0 bridgehead atoms. The van der Waals surface area contributed by atoms with Gasteiger partial charge >= 0.3 is 0 Å². The van der Waals surface area contributed by atoms with E-state index in [-0.39, 0.29) is 17.2 Å². The Hall–Kier alpha value is -2.12. The number of halogens is 1. The third-order valence-corrected chi connectivity index (χ3v) is 5.43. The Morgan fingerprint density at radius 2 is 1.85 bits per heavy atom. The van der Waals surface area contributed by atoms with E-state index >= 15 is 0 Å². The summed E-state index contributed by atoms with van der Waals surface area (Å²) in [6, 6.07) is 17.3. The summed E-state index contributed by atoms with van der Waals surface area (Å²) >= 11 is 4.94. The van der Waals surface area contributed by atoms with Gasteiger partial charge in [0, 0.05) is 9.37 Å². The van der Waals surface area contributed by atoms with E-state index in [1.165, 1.54) is 11.8 Å². The maximum atomic E-state index is 12.8. The monoisotopic (exact) mass is 430 g/mol. The van der Waals surface area contributed by atoms with Gasteiger partial charge in [0.1, 0.15) is 11.9 Å². The summed E-state index contributed by atoms with van der Waals surface area (Å²) in [6.07, 6.45) is 0. The van der Waals surface area contributed by atoms with Crippen molar-refractivity contribution < 1.29 is 4.79 Å². The van der Waals surface area contributed by atoms with Gasteiger partial charge in [0.2, 0.25) is 5.91 Å². The molecule has 2 unspecified atom stereocenters. The number of nitrogens with zero attached hydrogens (tertiary/aromatic N) is 2. The number of hydrogen-bond acceptors (Lipinski definition) is 4. The number of carbonyl (C=O) groups excluding carboxylic acids is 1. The number of thioether (sulfide) groups is 1. The van der Waals surface area contributed by atoms with Gasteiger partial charge in [-0.2, -0.15) is 5.10 Å². The van der Waals surface area contributed by atoms with E-state index < -0.39 is 0 Å². The Balaban J connectivity index is 1.75. The number of carbonyl (C=O) groups is 1. The highest BCUT2D eigenvalue weighted by atomic mass is 79.9. The molecule has 1 aromatic heterocycles. The lowest BCUT2D eigenvalue weighted by atomic mass is 10.1. The number of aromatic nitrogens is 3. The molecule has 0 aliphatic rings. The highest BCUT2D eigenvalue weighted by molar-refractivity contribution is 9.10. The van der Waals surface area contributed by atoms with E-state index in [9.17, 15) is 4.79 Å². The van der Waals surface area contributed by atoms with E-state index in [0.29, 0.717) is 11.6 Å². The minimum Gasteiger partial charge on any atom is -0.341 e. The fourth-order valence-electron chi connectivity index (χ4n) is 2.46. The predicted molar refractivity (Wildman–Crippen MR) is 107 cm³/mol. The second kappa shape index (κ2) is 8.51.